The van der Waals surface area contributed by atoms with Gasteiger partial charge < -0.3 is 10.2 Å². The molecule has 0 bridgehead atoms. The summed E-state index contributed by atoms with van der Waals surface area (Å²) in [6.07, 6.45) is 1.02. The first-order valence-electron chi connectivity index (χ1n) is 10.3. The third-order valence-electron chi connectivity index (χ3n) is 5.29. The van der Waals surface area contributed by atoms with E-state index in [1.807, 2.05) is 24.3 Å². The number of rotatable bonds is 6. The van der Waals surface area contributed by atoms with E-state index in [1.165, 1.54) is 28.5 Å². The number of nitrogens with zero attached hydrogens (tertiary/aromatic N) is 3. The Labute approximate surface area is 181 Å². The van der Waals surface area contributed by atoms with Crippen molar-refractivity contribution < 1.29 is 4.79 Å². The summed E-state index contributed by atoms with van der Waals surface area (Å²) >= 11 is 1.40. The first-order chi connectivity index (χ1) is 14.6. The Morgan fingerprint density at radius 2 is 1.80 bits per heavy atom. The van der Waals surface area contributed by atoms with Gasteiger partial charge in [-0.3, -0.25) is 4.79 Å². The van der Waals surface area contributed by atoms with Crippen molar-refractivity contribution in [2.24, 2.45) is 0 Å². The summed E-state index contributed by atoms with van der Waals surface area (Å²) < 4.78 is 0. The second-order valence-electron chi connectivity index (χ2n) is 7.78. The molecule has 3 aromatic rings. The number of nitrogens with one attached hydrogen (secondary N) is 1. The number of amides is 1. The lowest BCUT2D eigenvalue weighted by atomic mass is 10.00. The molecule has 2 aromatic carbocycles. The zero-order chi connectivity index (χ0) is 20.9. The van der Waals surface area contributed by atoms with Gasteiger partial charge in [0.1, 0.15) is 5.03 Å². The van der Waals surface area contributed by atoms with E-state index >= 15 is 0 Å². The predicted molar refractivity (Wildman–Crippen MR) is 123 cm³/mol. The number of hydrogen-bond donors (Lipinski definition) is 1. The Bertz CT molecular complexity index is 1000. The number of benzene rings is 2. The Morgan fingerprint density at radius 3 is 2.50 bits per heavy atom. The number of aromatic nitrogens is 2. The van der Waals surface area contributed by atoms with E-state index in [-0.39, 0.29) is 5.91 Å². The van der Waals surface area contributed by atoms with Crippen molar-refractivity contribution in [3.63, 3.8) is 0 Å². The maximum Gasteiger partial charge on any atom is 0.234 e. The highest BCUT2D eigenvalue weighted by atomic mass is 32.2. The molecular formula is C24H26N4OS. The molecule has 154 valence electrons. The Balaban J connectivity index is 1.29. The second-order valence-corrected chi connectivity index (χ2v) is 8.78. The molecule has 0 radical (unpaired) electrons. The van der Waals surface area contributed by atoms with Gasteiger partial charge in [0.05, 0.1) is 5.75 Å². The van der Waals surface area contributed by atoms with Crippen LogP contribution in [0, 0.1) is 0 Å². The lowest BCUT2D eigenvalue weighted by Crippen LogP contribution is -2.31. The van der Waals surface area contributed by atoms with Crippen molar-refractivity contribution in [1.29, 1.82) is 0 Å². The van der Waals surface area contributed by atoms with E-state index < -0.39 is 0 Å². The van der Waals surface area contributed by atoms with E-state index in [2.05, 4.69) is 70.7 Å². The molecule has 0 saturated carbocycles. The van der Waals surface area contributed by atoms with Gasteiger partial charge >= 0.3 is 0 Å². The van der Waals surface area contributed by atoms with E-state index in [4.69, 9.17) is 0 Å². The van der Waals surface area contributed by atoms with Crippen LogP contribution < -0.4 is 10.2 Å². The van der Waals surface area contributed by atoms with Gasteiger partial charge in [0.25, 0.3) is 0 Å². The summed E-state index contributed by atoms with van der Waals surface area (Å²) in [6.45, 7) is 6.10. The van der Waals surface area contributed by atoms with Crippen molar-refractivity contribution >= 4 is 29.2 Å². The molecule has 4 rings (SSSR count). The fraction of sp³-hybridized carbons (Fsp3) is 0.292. The Morgan fingerprint density at radius 1 is 1.03 bits per heavy atom. The quantitative estimate of drug-likeness (QED) is 0.578. The van der Waals surface area contributed by atoms with Crippen LogP contribution in [0.15, 0.2) is 65.7 Å². The van der Waals surface area contributed by atoms with Gasteiger partial charge in [-0.25, -0.2) is 0 Å². The van der Waals surface area contributed by atoms with Crippen LogP contribution in [-0.4, -0.2) is 28.4 Å². The highest BCUT2D eigenvalue weighted by Crippen LogP contribution is 2.24. The van der Waals surface area contributed by atoms with Gasteiger partial charge in [0.15, 0.2) is 5.82 Å². The summed E-state index contributed by atoms with van der Waals surface area (Å²) in [5.41, 5.74) is 4.84. The van der Waals surface area contributed by atoms with E-state index in [9.17, 15) is 4.79 Å². The molecule has 1 aliphatic heterocycles. The number of anilines is 2. The average Bonchev–Trinajstić information content (AvgIpc) is 2.78. The molecule has 0 spiro atoms. The van der Waals surface area contributed by atoms with Crippen molar-refractivity contribution in [1.82, 2.24) is 10.2 Å². The second kappa shape index (κ2) is 9.30. The number of fused-ring (bicyclic) bond motifs is 1. The van der Waals surface area contributed by atoms with Crippen LogP contribution in [0.2, 0.25) is 0 Å². The highest BCUT2D eigenvalue weighted by molar-refractivity contribution is 7.99. The molecule has 0 unspecified atom stereocenters. The molecule has 1 aromatic heterocycles. The maximum absolute atomic E-state index is 12.2. The summed E-state index contributed by atoms with van der Waals surface area (Å²) in [7, 11) is 0. The van der Waals surface area contributed by atoms with Crippen molar-refractivity contribution in [2.45, 2.75) is 37.8 Å². The minimum atomic E-state index is -0.0455. The zero-order valence-corrected chi connectivity index (χ0v) is 18.2. The van der Waals surface area contributed by atoms with Crippen LogP contribution >= 0.6 is 11.8 Å². The minimum Gasteiger partial charge on any atom is -0.350 e. The molecule has 0 aliphatic carbocycles. The number of carbonyl (C=O) groups is 1. The Hall–Kier alpha value is -2.86. The fourth-order valence-corrected chi connectivity index (χ4v) is 4.15. The third kappa shape index (κ3) is 5.00. The van der Waals surface area contributed by atoms with Gasteiger partial charge in [-0.05, 0) is 53.3 Å². The SMILES string of the molecule is CC(C)c1ccc(NC(=O)CSc2ccc(N3CCc4ccccc4C3)nn2)cc1. The fourth-order valence-electron chi connectivity index (χ4n) is 3.54. The normalized spacial score (nSPS) is 13.2. The standard InChI is InChI=1S/C24H26N4OS/c1-17(2)18-7-9-21(10-8-18)25-23(29)16-30-24-12-11-22(26-27-24)28-14-13-19-5-3-4-6-20(19)15-28/h3-12,17H,13-16H2,1-2H3,(H,25,29). The van der Waals surface area contributed by atoms with Gasteiger partial charge in [-0.2, -0.15) is 0 Å². The van der Waals surface area contributed by atoms with E-state index in [1.54, 1.807) is 0 Å². The molecule has 30 heavy (non-hydrogen) atoms. The molecule has 6 heteroatoms. The van der Waals surface area contributed by atoms with Gasteiger partial charge in [-0.15, -0.1) is 10.2 Å². The number of thioether (sulfide) groups is 1. The van der Waals surface area contributed by atoms with Crippen molar-refractivity contribution in [3.05, 3.63) is 77.4 Å². The van der Waals surface area contributed by atoms with E-state index in [0.717, 1.165) is 36.0 Å². The lowest BCUT2D eigenvalue weighted by molar-refractivity contribution is -0.113. The lowest BCUT2D eigenvalue weighted by Gasteiger charge is -2.29. The van der Waals surface area contributed by atoms with Gasteiger partial charge in [0.2, 0.25) is 5.91 Å². The smallest absolute Gasteiger partial charge is 0.234 e. The Kier molecular flexibility index (Phi) is 6.33. The number of hydrogen-bond acceptors (Lipinski definition) is 5. The molecule has 0 fully saturated rings. The molecule has 2 heterocycles. The molecule has 1 amide bonds. The van der Waals surface area contributed by atoms with Crippen LogP contribution in [-0.2, 0) is 17.8 Å². The van der Waals surface area contributed by atoms with Crippen LogP contribution in [0.4, 0.5) is 11.5 Å². The van der Waals surface area contributed by atoms with Crippen molar-refractivity contribution in [2.75, 3.05) is 22.5 Å². The van der Waals surface area contributed by atoms with Crippen LogP contribution in [0.5, 0.6) is 0 Å². The summed E-state index contributed by atoms with van der Waals surface area (Å²) in [6, 6.07) is 20.5. The first-order valence-corrected chi connectivity index (χ1v) is 11.2. The monoisotopic (exact) mass is 418 g/mol. The van der Waals surface area contributed by atoms with Gasteiger partial charge in [0, 0.05) is 18.8 Å². The summed E-state index contributed by atoms with van der Waals surface area (Å²) in [4.78, 5) is 14.5. The number of carbonyl (C=O) groups excluding carboxylic acids is 1. The van der Waals surface area contributed by atoms with E-state index in [0.29, 0.717) is 11.7 Å². The highest BCUT2D eigenvalue weighted by Gasteiger charge is 2.17. The average molecular weight is 419 g/mol. The van der Waals surface area contributed by atoms with Crippen LogP contribution in [0.3, 0.4) is 0 Å². The molecule has 1 N–H and O–H groups in total. The first kappa shape index (κ1) is 20.4. The zero-order valence-electron chi connectivity index (χ0n) is 17.3. The molecule has 0 atom stereocenters. The van der Waals surface area contributed by atoms with Gasteiger partial charge in [-0.1, -0.05) is 62.0 Å². The third-order valence-corrected chi connectivity index (χ3v) is 6.21. The topological polar surface area (TPSA) is 58.1 Å². The summed E-state index contributed by atoms with van der Waals surface area (Å²) in [5, 5.41) is 12.4. The predicted octanol–water partition coefficient (Wildman–Crippen LogP) is 4.89. The van der Waals surface area contributed by atoms with Crippen LogP contribution in [0.25, 0.3) is 0 Å². The molecule has 0 saturated heterocycles. The maximum atomic E-state index is 12.2. The molecule has 1 aliphatic rings. The molecular weight excluding hydrogens is 392 g/mol. The minimum absolute atomic E-state index is 0.0455. The van der Waals surface area contributed by atoms with Crippen LogP contribution in [0.1, 0.15) is 36.5 Å². The molecule has 5 nitrogen and oxygen atoms in total. The van der Waals surface area contributed by atoms with Crippen molar-refractivity contribution in [3.8, 4) is 0 Å². The largest absolute Gasteiger partial charge is 0.350 e. The summed E-state index contributed by atoms with van der Waals surface area (Å²) in [5.74, 6) is 1.61.